The van der Waals surface area contributed by atoms with Gasteiger partial charge < -0.3 is 20.8 Å². The van der Waals surface area contributed by atoms with Crippen molar-refractivity contribution in [2.24, 2.45) is 5.92 Å². The number of rotatable bonds is 9. The maximum Gasteiger partial charge on any atom is 0.326 e. The zero-order chi connectivity index (χ0) is 16.4. The number of aliphatic carboxylic acids is 2. The van der Waals surface area contributed by atoms with Crippen LogP contribution in [-0.4, -0.2) is 40.6 Å². The lowest BCUT2D eigenvalue weighted by Gasteiger charge is -2.16. The van der Waals surface area contributed by atoms with Gasteiger partial charge in [0.1, 0.15) is 17.7 Å². The van der Waals surface area contributed by atoms with E-state index in [4.69, 9.17) is 15.5 Å². The molecule has 1 unspecified atom stereocenters. The molecule has 1 amide bonds. The Morgan fingerprint density at radius 3 is 2.33 bits per heavy atom. The Balaban J connectivity index is 4.62. The molecule has 0 aromatic carbocycles. The van der Waals surface area contributed by atoms with E-state index >= 15 is 0 Å². The van der Waals surface area contributed by atoms with E-state index < -0.39 is 23.9 Å². The predicted octanol–water partition coefficient (Wildman–Crippen LogP) is 0.0737. The van der Waals surface area contributed by atoms with E-state index in [1.807, 2.05) is 13.8 Å². The Hall–Kier alpha value is -2.56. The third kappa shape index (κ3) is 8.26. The number of carboxylic acid groups (broad SMARTS) is 2. The number of hydrogen-bond acceptors (Lipinski definition) is 5. The first kappa shape index (κ1) is 18.4. The van der Waals surface area contributed by atoms with Crippen molar-refractivity contribution in [3.05, 3.63) is 11.8 Å². The highest BCUT2D eigenvalue weighted by Gasteiger charge is 2.22. The minimum atomic E-state index is -1.17. The Labute approximate surface area is 122 Å². The molecule has 0 aromatic rings. The van der Waals surface area contributed by atoms with Gasteiger partial charge in [-0.05, 0) is 12.3 Å². The minimum Gasteiger partial charge on any atom is -0.481 e. The van der Waals surface area contributed by atoms with Gasteiger partial charge in [0.2, 0.25) is 0 Å². The largest absolute Gasteiger partial charge is 0.481 e. The number of hydrogen-bond donors (Lipinski definition) is 4. The van der Waals surface area contributed by atoms with Crippen LogP contribution in [0.2, 0.25) is 0 Å². The van der Waals surface area contributed by atoms with Gasteiger partial charge in [-0.3, -0.25) is 9.59 Å². The van der Waals surface area contributed by atoms with Crippen molar-refractivity contribution in [3.8, 4) is 6.07 Å². The van der Waals surface area contributed by atoms with E-state index in [-0.39, 0.29) is 30.9 Å². The lowest BCUT2D eigenvalue weighted by molar-refractivity contribution is -0.141. The van der Waals surface area contributed by atoms with Gasteiger partial charge in [-0.15, -0.1) is 0 Å². The van der Waals surface area contributed by atoms with Crippen LogP contribution >= 0.6 is 0 Å². The van der Waals surface area contributed by atoms with Crippen LogP contribution < -0.4 is 10.6 Å². The monoisotopic (exact) mass is 297 g/mol. The summed E-state index contributed by atoms with van der Waals surface area (Å²) >= 11 is 0. The fraction of sp³-hybridized carbons (Fsp3) is 0.538. The molecule has 0 saturated carbocycles. The number of carbonyl (C=O) groups is 3. The fourth-order valence-corrected chi connectivity index (χ4v) is 1.43. The van der Waals surface area contributed by atoms with Gasteiger partial charge >= 0.3 is 11.9 Å². The van der Waals surface area contributed by atoms with E-state index in [0.717, 1.165) is 6.20 Å². The molecule has 0 aliphatic rings. The highest BCUT2D eigenvalue weighted by atomic mass is 16.4. The lowest BCUT2D eigenvalue weighted by atomic mass is 10.0. The molecule has 0 heterocycles. The lowest BCUT2D eigenvalue weighted by Crippen LogP contribution is -2.42. The third-order valence-electron chi connectivity index (χ3n) is 2.41. The van der Waals surface area contributed by atoms with E-state index in [1.165, 1.54) is 0 Å². The molecule has 0 rings (SSSR count). The van der Waals surface area contributed by atoms with Crippen molar-refractivity contribution >= 4 is 17.8 Å². The predicted molar refractivity (Wildman–Crippen MR) is 73.0 cm³/mol. The molecule has 0 aliphatic heterocycles. The SMILES string of the molecule is CC(C)CC(NC(=O)/C(C#N)=C\NCCC(=O)O)C(=O)O. The molecule has 0 aliphatic carbocycles. The summed E-state index contributed by atoms with van der Waals surface area (Å²) in [5.41, 5.74) is -0.310. The summed E-state index contributed by atoms with van der Waals surface area (Å²) in [6, 6.07) is 0.558. The summed E-state index contributed by atoms with van der Waals surface area (Å²) < 4.78 is 0. The van der Waals surface area contributed by atoms with Gasteiger partial charge in [0.15, 0.2) is 0 Å². The van der Waals surface area contributed by atoms with Crippen molar-refractivity contribution < 1.29 is 24.6 Å². The Bertz CT molecular complexity index is 465. The average molecular weight is 297 g/mol. The summed E-state index contributed by atoms with van der Waals surface area (Å²) in [6.07, 6.45) is 1.15. The molecule has 0 bridgehead atoms. The first-order valence-corrected chi connectivity index (χ1v) is 6.37. The Morgan fingerprint density at radius 1 is 1.29 bits per heavy atom. The maximum absolute atomic E-state index is 11.8. The molecule has 8 heteroatoms. The summed E-state index contributed by atoms with van der Waals surface area (Å²) in [7, 11) is 0. The highest BCUT2D eigenvalue weighted by Crippen LogP contribution is 2.06. The normalized spacial score (nSPS) is 12.4. The number of carboxylic acids is 2. The second-order valence-electron chi connectivity index (χ2n) is 4.76. The van der Waals surface area contributed by atoms with Crippen molar-refractivity contribution in [3.63, 3.8) is 0 Å². The molecule has 116 valence electrons. The van der Waals surface area contributed by atoms with Gasteiger partial charge in [0.25, 0.3) is 5.91 Å². The number of nitrogens with one attached hydrogen (secondary N) is 2. The minimum absolute atomic E-state index is 0.0577. The number of amides is 1. The Morgan fingerprint density at radius 2 is 1.90 bits per heavy atom. The average Bonchev–Trinajstić information content (AvgIpc) is 2.36. The summed E-state index contributed by atoms with van der Waals surface area (Å²) in [5.74, 6) is -2.93. The zero-order valence-corrected chi connectivity index (χ0v) is 11.9. The van der Waals surface area contributed by atoms with Crippen LogP contribution in [0.3, 0.4) is 0 Å². The molecule has 8 nitrogen and oxygen atoms in total. The molecule has 0 saturated heterocycles. The van der Waals surface area contributed by atoms with Crippen LogP contribution in [0, 0.1) is 17.2 Å². The molecule has 0 spiro atoms. The van der Waals surface area contributed by atoms with Gasteiger partial charge in [-0.25, -0.2) is 4.79 Å². The quantitative estimate of drug-likeness (QED) is 0.268. The van der Waals surface area contributed by atoms with Crippen LogP contribution in [0.25, 0.3) is 0 Å². The fourth-order valence-electron chi connectivity index (χ4n) is 1.43. The third-order valence-corrected chi connectivity index (χ3v) is 2.41. The van der Waals surface area contributed by atoms with Crippen LogP contribution in [0.1, 0.15) is 26.7 Å². The van der Waals surface area contributed by atoms with Crippen molar-refractivity contribution in [2.75, 3.05) is 6.54 Å². The second-order valence-corrected chi connectivity index (χ2v) is 4.76. The molecule has 4 N–H and O–H groups in total. The molecular weight excluding hydrogens is 278 g/mol. The maximum atomic E-state index is 11.8. The molecule has 0 fully saturated rings. The topological polar surface area (TPSA) is 140 Å². The summed E-state index contributed by atoms with van der Waals surface area (Å²) in [5, 5.41) is 31.1. The smallest absolute Gasteiger partial charge is 0.326 e. The van der Waals surface area contributed by atoms with E-state index in [0.29, 0.717) is 0 Å². The first-order valence-electron chi connectivity index (χ1n) is 6.37. The van der Waals surface area contributed by atoms with Crippen molar-refractivity contribution in [1.29, 1.82) is 5.26 Å². The standard InChI is InChI=1S/C13H19N3O5/c1-8(2)5-10(13(20)21)16-12(19)9(6-14)7-15-4-3-11(17)18/h7-8,10,15H,3-5H2,1-2H3,(H,16,19)(H,17,18)(H,20,21)/b9-7-. The van der Waals surface area contributed by atoms with E-state index in [2.05, 4.69) is 10.6 Å². The van der Waals surface area contributed by atoms with Crippen LogP contribution in [0.15, 0.2) is 11.8 Å². The first-order chi connectivity index (χ1) is 9.77. The van der Waals surface area contributed by atoms with Gasteiger partial charge in [-0.1, -0.05) is 13.8 Å². The van der Waals surface area contributed by atoms with Gasteiger partial charge in [0.05, 0.1) is 6.42 Å². The van der Waals surface area contributed by atoms with Crippen LogP contribution in [-0.2, 0) is 14.4 Å². The molecule has 0 aromatic heterocycles. The summed E-state index contributed by atoms with van der Waals surface area (Å²) in [6.45, 7) is 3.69. The van der Waals surface area contributed by atoms with Crippen molar-refractivity contribution in [1.82, 2.24) is 10.6 Å². The zero-order valence-electron chi connectivity index (χ0n) is 11.9. The Kier molecular flexibility index (Phi) is 8.22. The van der Waals surface area contributed by atoms with Crippen LogP contribution in [0.4, 0.5) is 0 Å². The number of nitriles is 1. The molecular formula is C13H19N3O5. The van der Waals surface area contributed by atoms with Gasteiger partial charge in [0, 0.05) is 12.7 Å². The van der Waals surface area contributed by atoms with Crippen molar-refractivity contribution in [2.45, 2.75) is 32.7 Å². The number of nitrogens with zero attached hydrogens (tertiary/aromatic N) is 1. The molecule has 0 radical (unpaired) electrons. The second kappa shape index (κ2) is 9.36. The molecule has 21 heavy (non-hydrogen) atoms. The van der Waals surface area contributed by atoms with E-state index in [1.54, 1.807) is 6.07 Å². The van der Waals surface area contributed by atoms with Crippen LogP contribution in [0.5, 0.6) is 0 Å². The summed E-state index contributed by atoms with van der Waals surface area (Å²) in [4.78, 5) is 33.1. The van der Waals surface area contributed by atoms with Gasteiger partial charge in [-0.2, -0.15) is 5.26 Å². The van der Waals surface area contributed by atoms with E-state index in [9.17, 15) is 14.4 Å². The number of carbonyl (C=O) groups excluding carboxylic acids is 1. The molecule has 1 atom stereocenters. The highest BCUT2D eigenvalue weighted by molar-refractivity contribution is 5.99.